The Kier molecular flexibility index (Phi) is 4.70. The highest BCUT2D eigenvalue weighted by Gasteiger charge is 2.29. The maximum Gasteiger partial charge on any atom is 0.240 e. The van der Waals surface area contributed by atoms with Crippen molar-refractivity contribution in [3.8, 4) is 0 Å². The number of benzene rings is 1. The van der Waals surface area contributed by atoms with Crippen molar-refractivity contribution >= 4 is 28.2 Å². The van der Waals surface area contributed by atoms with Crippen LogP contribution in [0.5, 0.6) is 0 Å². The summed E-state index contributed by atoms with van der Waals surface area (Å²) in [5.74, 6) is -0.0462. The molecule has 2 rings (SSSR count). The molecule has 0 radical (unpaired) electrons. The number of carbonyl (C=O) groups excluding carboxylic acids is 2. The average Bonchev–Trinajstić information content (AvgIpc) is 2.45. The standard InChI is InChI=1S/C15H19NO3S/c1-3-5-8-16-12-9-11(13(17)4-2)6-7-14(12)20(19)10-15(16)18/h6-7,9H,3-5,8,10H2,1-2H3. The minimum Gasteiger partial charge on any atom is -0.310 e. The van der Waals surface area contributed by atoms with Crippen LogP contribution >= 0.6 is 0 Å². The molecule has 1 aliphatic rings. The summed E-state index contributed by atoms with van der Waals surface area (Å²) in [5, 5.41) is 0. The molecule has 0 aliphatic carbocycles. The molecule has 0 N–H and O–H groups in total. The molecule has 1 atom stereocenters. The van der Waals surface area contributed by atoms with Crippen LogP contribution in [-0.4, -0.2) is 28.2 Å². The number of hydrogen-bond donors (Lipinski definition) is 0. The highest BCUT2D eigenvalue weighted by molar-refractivity contribution is 7.86. The number of rotatable bonds is 5. The summed E-state index contributed by atoms with van der Waals surface area (Å²) in [6, 6.07) is 5.14. The predicted molar refractivity (Wildman–Crippen MR) is 79.6 cm³/mol. The van der Waals surface area contributed by atoms with Gasteiger partial charge in [0, 0.05) is 18.5 Å². The van der Waals surface area contributed by atoms with Gasteiger partial charge in [-0.1, -0.05) is 26.3 Å². The zero-order valence-corrected chi connectivity index (χ0v) is 12.7. The molecule has 1 aromatic rings. The van der Waals surface area contributed by atoms with E-state index in [0.717, 1.165) is 12.8 Å². The van der Waals surface area contributed by atoms with Gasteiger partial charge in [0.1, 0.15) is 5.75 Å². The van der Waals surface area contributed by atoms with Gasteiger partial charge in [-0.15, -0.1) is 0 Å². The molecule has 1 aliphatic heterocycles. The SMILES string of the molecule is CCCCN1C(=O)CS(=O)c2ccc(C(=O)CC)cc21. The Morgan fingerprint density at radius 3 is 2.75 bits per heavy atom. The molecule has 0 fully saturated rings. The topological polar surface area (TPSA) is 54.5 Å². The number of unbranched alkanes of at least 4 members (excludes halogenated alkanes) is 1. The quantitative estimate of drug-likeness (QED) is 0.784. The lowest BCUT2D eigenvalue weighted by Gasteiger charge is -2.29. The summed E-state index contributed by atoms with van der Waals surface area (Å²) in [4.78, 5) is 26.2. The molecule has 1 amide bonds. The van der Waals surface area contributed by atoms with Crippen molar-refractivity contribution in [1.29, 1.82) is 0 Å². The Balaban J connectivity index is 2.44. The van der Waals surface area contributed by atoms with E-state index < -0.39 is 10.8 Å². The second-order valence-corrected chi connectivity index (χ2v) is 6.27. The summed E-state index contributed by atoms with van der Waals surface area (Å²) in [5.41, 5.74) is 1.23. The minimum atomic E-state index is -1.30. The van der Waals surface area contributed by atoms with E-state index in [-0.39, 0.29) is 17.4 Å². The van der Waals surface area contributed by atoms with E-state index in [2.05, 4.69) is 6.92 Å². The van der Waals surface area contributed by atoms with Crippen LogP contribution in [-0.2, 0) is 15.6 Å². The first-order chi connectivity index (χ1) is 9.58. The van der Waals surface area contributed by atoms with Crippen molar-refractivity contribution in [2.24, 2.45) is 0 Å². The molecule has 0 spiro atoms. The average molecular weight is 293 g/mol. The summed E-state index contributed by atoms with van der Waals surface area (Å²) >= 11 is 0. The zero-order valence-electron chi connectivity index (χ0n) is 11.8. The molecule has 0 saturated carbocycles. The van der Waals surface area contributed by atoms with Gasteiger partial charge in [0.2, 0.25) is 5.91 Å². The Hall–Kier alpha value is -1.49. The number of anilines is 1. The van der Waals surface area contributed by atoms with Crippen LogP contribution in [0.1, 0.15) is 43.5 Å². The normalized spacial score (nSPS) is 18.0. The third-order valence-electron chi connectivity index (χ3n) is 3.43. The maximum absolute atomic E-state index is 12.1. The molecule has 20 heavy (non-hydrogen) atoms. The Bertz CT molecular complexity index is 568. The van der Waals surface area contributed by atoms with Crippen molar-refractivity contribution in [3.63, 3.8) is 0 Å². The highest BCUT2D eigenvalue weighted by atomic mass is 32.2. The summed E-state index contributed by atoms with van der Waals surface area (Å²) < 4.78 is 12.0. The zero-order chi connectivity index (χ0) is 14.7. The number of amides is 1. The molecule has 0 bridgehead atoms. The van der Waals surface area contributed by atoms with Crippen LogP contribution in [0.3, 0.4) is 0 Å². The largest absolute Gasteiger partial charge is 0.310 e. The van der Waals surface area contributed by atoms with Gasteiger partial charge in [-0.25, -0.2) is 0 Å². The van der Waals surface area contributed by atoms with E-state index in [9.17, 15) is 13.8 Å². The number of ketones is 1. The van der Waals surface area contributed by atoms with Gasteiger partial charge in [0.25, 0.3) is 0 Å². The molecule has 1 unspecified atom stereocenters. The fraction of sp³-hybridized carbons (Fsp3) is 0.467. The number of Topliss-reactive ketones (excluding diaryl/α,β-unsaturated/α-hetero) is 1. The monoisotopic (exact) mass is 293 g/mol. The smallest absolute Gasteiger partial charge is 0.240 e. The van der Waals surface area contributed by atoms with Crippen LogP contribution in [0, 0.1) is 0 Å². The van der Waals surface area contributed by atoms with E-state index in [1.807, 2.05) is 0 Å². The van der Waals surface area contributed by atoms with Crippen molar-refractivity contribution in [2.45, 2.75) is 38.0 Å². The van der Waals surface area contributed by atoms with Crippen LogP contribution in [0.4, 0.5) is 5.69 Å². The number of hydrogen-bond acceptors (Lipinski definition) is 3. The van der Waals surface area contributed by atoms with Crippen molar-refractivity contribution in [2.75, 3.05) is 17.2 Å². The fourth-order valence-electron chi connectivity index (χ4n) is 2.26. The van der Waals surface area contributed by atoms with Gasteiger partial charge >= 0.3 is 0 Å². The predicted octanol–water partition coefficient (Wildman–Crippen LogP) is 2.53. The fourth-order valence-corrected chi connectivity index (χ4v) is 3.42. The first-order valence-electron chi connectivity index (χ1n) is 6.94. The molecule has 5 heteroatoms. The lowest BCUT2D eigenvalue weighted by molar-refractivity contribution is -0.116. The van der Waals surface area contributed by atoms with Gasteiger partial charge < -0.3 is 4.90 Å². The first kappa shape index (κ1) is 14.9. The Morgan fingerprint density at radius 2 is 2.10 bits per heavy atom. The number of carbonyl (C=O) groups is 2. The molecule has 108 valence electrons. The molecule has 0 saturated heterocycles. The van der Waals surface area contributed by atoms with E-state index in [1.54, 1.807) is 30.0 Å². The van der Waals surface area contributed by atoms with E-state index in [0.29, 0.717) is 29.1 Å². The minimum absolute atomic E-state index is 0.0343. The van der Waals surface area contributed by atoms with Gasteiger partial charge in [-0.05, 0) is 18.6 Å². The van der Waals surface area contributed by atoms with Crippen LogP contribution in [0.2, 0.25) is 0 Å². The third kappa shape index (κ3) is 2.82. The second kappa shape index (κ2) is 6.31. The van der Waals surface area contributed by atoms with E-state index >= 15 is 0 Å². The Labute approximate surface area is 121 Å². The summed E-state index contributed by atoms with van der Waals surface area (Å²) in [6.07, 6.45) is 2.30. The molecular weight excluding hydrogens is 274 g/mol. The highest BCUT2D eigenvalue weighted by Crippen LogP contribution is 2.30. The first-order valence-corrected chi connectivity index (χ1v) is 8.26. The van der Waals surface area contributed by atoms with Crippen LogP contribution in [0.15, 0.2) is 23.1 Å². The van der Waals surface area contributed by atoms with Crippen molar-refractivity contribution < 1.29 is 13.8 Å². The van der Waals surface area contributed by atoms with Crippen LogP contribution < -0.4 is 4.90 Å². The van der Waals surface area contributed by atoms with Gasteiger partial charge in [-0.3, -0.25) is 13.8 Å². The van der Waals surface area contributed by atoms with Gasteiger partial charge in [0.15, 0.2) is 5.78 Å². The van der Waals surface area contributed by atoms with Crippen molar-refractivity contribution in [1.82, 2.24) is 0 Å². The van der Waals surface area contributed by atoms with Crippen molar-refractivity contribution in [3.05, 3.63) is 23.8 Å². The molecule has 1 heterocycles. The molecule has 1 aromatic carbocycles. The lowest BCUT2D eigenvalue weighted by Crippen LogP contribution is -2.39. The van der Waals surface area contributed by atoms with E-state index in [4.69, 9.17) is 0 Å². The maximum atomic E-state index is 12.1. The summed E-state index contributed by atoms with van der Waals surface area (Å²) in [7, 11) is -1.30. The summed E-state index contributed by atoms with van der Waals surface area (Å²) in [6.45, 7) is 4.48. The molecule has 0 aromatic heterocycles. The van der Waals surface area contributed by atoms with Crippen LogP contribution in [0.25, 0.3) is 0 Å². The third-order valence-corrected chi connectivity index (χ3v) is 4.77. The number of fused-ring (bicyclic) bond motifs is 1. The van der Waals surface area contributed by atoms with E-state index in [1.165, 1.54) is 0 Å². The number of nitrogens with zero attached hydrogens (tertiary/aromatic N) is 1. The Morgan fingerprint density at radius 1 is 1.35 bits per heavy atom. The second-order valence-electron chi connectivity index (χ2n) is 4.85. The molecular formula is C15H19NO3S. The van der Waals surface area contributed by atoms with Gasteiger partial charge in [0.05, 0.1) is 21.4 Å². The lowest BCUT2D eigenvalue weighted by atomic mass is 10.1. The van der Waals surface area contributed by atoms with Gasteiger partial charge in [-0.2, -0.15) is 0 Å². The molecule has 4 nitrogen and oxygen atoms in total.